The third-order valence-electron chi connectivity index (χ3n) is 2.82. The molecule has 0 unspecified atom stereocenters. The summed E-state index contributed by atoms with van der Waals surface area (Å²) in [7, 11) is 1.47. The van der Waals surface area contributed by atoms with Crippen LogP contribution in [0.2, 0.25) is 0 Å². The zero-order valence-electron chi connectivity index (χ0n) is 11.1. The number of ether oxygens (including phenoxy) is 1. The molecule has 0 radical (unpaired) electrons. The SMILES string of the molecule is COc1cc(F)ccc1Nc1nccc(C)c1C(N)=S. The van der Waals surface area contributed by atoms with Crippen molar-refractivity contribution in [2.24, 2.45) is 5.73 Å². The predicted molar refractivity (Wildman–Crippen MR) is 81.1 cm³/mol. The number of aromatic nitrogens is 1. The molecular weight excluding hydrogens is 277 g/mol. The molecule has 3 N–H and O–H groups in total. The Morgan fingerprint density at radius 1 is 1.40 bits per heavy atom. The molecule has 0 saturated heterocycles. The molecule has 0 atom stereocenters. The summed E-state index contributed by atoms with van der Waals surface area (Å²) in [6, 6.07) is 6.02. The quantitative estimate of drug-likeness (QED) is 0.848. The number of hydrogen-bond acceptors (Lipinski definition) is 4. The molecule has 20 heavy (non-hydrogen) atoms. The maximum Gasteiger partial charge on any atom is 0.145 e. The fraction of sp³-hybridized carbons (Fsp3) is 0.143. The summed E-state index contributed by atoms with van der Waals surface area (Å²) in [5.74, 6) is 0.517. The Morgan fingerprint density at radius 2 is 2.15 bits per heavy atom. The van der Waals surface area contributed by atoms with Crippen molar-refractivity contribution in [3.8, 4) is 5.75 Å². The van der Waals surface area contributed by atoms with Gasteiger partial charge in [0.2, 0.25) is 0 Å². The maximum absolute atomic E-state index is 13.2. The van der Waals surface area contributed by atoms with Crippen molar-refractivity contribution in [1.82, 2.24) is 4.98 Å². The molecule has 0 aliphatic carbocycles. The van der Waals surface area contributed by atoms with Gasteiger partial charge in [-0.2, -0.15) is 0 Å². The molecule has 1 aromatic heterocycles. The lowest BCUT2D eigenvalue weighted by Gasteiger charge is -2.14. The Labute approximate surface area is 121 Å². The van der Waals surface area contributed by atoms with Gasteiger partial charge in [0.1, 0.15) is 22.4 Å². The summed E-state index contributed by atoms with van der Waals surface area (Å²) in [5.41, 5.74) is 7.89. The summed E-state index contributed by atoms with van der Waals surface area (Å²) in [5, 5.41) is 3.07. The molecule has 2 rings (SSSR count). The molecule has 0 bridgehead atoms. The number of nitrogens with zero attached hydrogens (tertiary/aromatic N) is 1. The minimum absolute atomic E-state index is 0.249. The number of rotatable bonds is 4. The van der Waals surface area contributed by atoms with E-state index in [1.54, 1.807) is 12.3 Å². The molecule has 0 aliphatic rings. The average molecular weight is 291 g/mol. The van der Waals surface area contributed by atoms with Crippen molar-refractivity contribution >= 4 is 28.7 Å². The van der Waals surface area contributed by atoms with Crippen LogP contribution in [0.15, 0.2) is 30.5 Å². The third-order valence-corrected chi connectivity index (χ3v) is 3.03. The lowest BCUT2D eigenvalue weighted by atomic mass is 10.1. The van der Waals surface area contributed by atoms with Crippen LogP contribution in [0.1, 0.15) is 11.1 Å². The fourth-order valence-electron chi connectivity index (χ4n) is 1.86. The van der Waals surface area contributed by atoms with Gasteiger partial charge in [0.05, 0.1) is 18.4 Å². The standard InChI is InChI=1S/C14H14FN3OS/c1-8-5-6-17-14(12(8)13(16)20)18-10-4-3-9(15)7-11(10)19-2/h3-7H,1-2H3,(H2,16,20)(H,17,18). The van der Waals surface area contributed by atoms with E-state index < -0.39 is 0 Å². The normalized spacial score (nSPS) is 10.2. The molecule has 0 spiro atoms. The molecule has 4 nitrogen and oxygen atoms in total. The van der Waals surface area contributed by atoms with Gasteiger partial charge in [0.25, 0.3) is 0 Å². The Hall–Kier alpha value is -2.21. The maximum atomic E-state index is 13.2. The number of nitrogens with two attached hydrogens (primary N) is 1. The van der Waals surface area contributed by atoms with Crippen LogP contribution in [0.25, 0.3) is 0 Å². The van der Waals surface area contributed by atoms with Gasteiger partial charge in [0.15, 0.2) is 0 Å². The van der Waals surface area contributed by atoms with Gasteiger partial charge in [-0.15, -0.1) is 0 Å². The summed E-state index contributed by atoms with van der Waals surface area (Å²) >= 11 is 5.04. The molecule has 2 aromatic rings. The second kappa shape index (κ2) is 5.83. The van der Waals surface area contributed by atoms with E-state index >= 15 is 0 Å². The smallest absolute Gasteiger partial charge is 0.145 e. The molecule has 6 heteroatoms. The molecule has 0 saturated carbocycles. The Balaban J connectivity index is 2.45. The van der Waals surface area contributed by atoms with Gasteiger partial charge in [-0.3, -0.25) is 0 Å². The number of hydrogen-bond donors (Lipinski definition) is 2. The Bertz CT molecular complexity index is 661. The summed E-state index contributed by atoms with van der Waals surface area (Å²) in [6.45, 7) is 1.89. The van der Waals surface area contributed by atoms with E-state index in [2.05, 4.69) is 10.3 Å². The third kappa shape index (κ3) is 2.85. The molecule has 1 aromatic carbocycles. The van der Waals surface area contributed by atoms with Crippen LogP contribution in [0.4, 0.5) is 15.9 Å². The number of benzene rings is 1. The number of aryl methyl sites for hydroxylation is 1. The Kier molecular flexibility index (Phi) is 4.14. The molecule has 1 heterocycles. The first-order valence-corrected chi connectivity index (χ1v) is 6.29. The van der Waals surface area contributed by atoms with Crippen molar-refractivity contribution in [3.05, 3.63) is 47.4 Å². The second-order valence-electron chi connectivity index (χ2n) is 4.19. The number of thiocarbonyl (C=S) groups is 1. The lowest BCUT2D eigenvalue weighted by molar-refractivity contribution is 0.413. The first-order chi connectivity index (χ1) is 9.52. The van der Waals surface area contributed by atoms with Crippen LogP contribution < -0.4 is 15.8 Å². The van der Waals surface area contributed by atoms with Crippen molar-refractivity contribution in [1.29, 1.82) is 0 Å². The van der Waals surface area contributed by atoms with Crippen LogP contribution in [0, 0.1) is 12.7 Å². The van der Waals surface area contributed by atoms with E-state index in [9.17, 15) is 4.39 Å². The van der Waals surface area contributed by atoms with Gasteiger partial charge in [-0.1, -0.05) is 12.2 Å². The van der Waals surface area contributed by atoms with Gasteiger partial charge in [-0.05, 0) is 30.7 Å². The number of anilines is 2. The van der Waals surface area contributed by atoms with Crippen molar-refractivity contribution in [2.45, 2.75) is 6.92 Å². The second-order valence-corrected chi connectivity index (χ2v) is 4.63. The van der Waals surface area contributed by atoms with Gasteiger partial charge in [0, 0.05) is 12.3 Å². The highest BCUT2D eigenvalue weighted by Crippen LogP contribution is 2.29. The first-order valence-electron chi connectivity index (χ1n) is 5.89. The van der Waals surface area contributed by atoms with E-state index in [1.807, 2.05) is 13.0 Å². The predicted octanol–water partition coefficient (Wildman–Crippen LogP) is 2.92. The van der Waals surface area contributed by atoms with Crippen molar-refractivity contribution in [3.63, 3.8) is 0 Å². The number of nitrogens with one attached hydrogen (secondary N) is 1. The highest BCUT2D eigenvalue weighted by Gasteiger charge is 2.12. The van der Waals surface area contributed by atoms with Gasteiger partial charge < -0.3 is 15.8 Å². The molecular formula is C14H14FN3OS. The summed E-state index contributed by atoms with van der Waals surface area (Å²) in [4.78, 5) is 4.48. The Morgan fingerprint density at radius 3 is 2.80 bits per heavy atom. The average Bonchev–Trinajstić information content (AvgIpc) is 2.40. The van der Waals surface area contributed by atoms with Crippen LogP contribution >= 0.6 is 12.2 Å². The van der Waals surface area contributed by atoms with Gasteiger partial charge >= 0.3 is 0 Å². The van der Waals surface area contributed by atoms with Crippen LogP contribution in [0.5, 0.6) is 5.75 Å². The minimum atomic E-state index is -0.376. The van der Waals surface area contributed by atoms with E-state index in [1.165, 1.54) is 19.2 Å². The van der Waals surface area contributed by atoms with Crippen LogP contribution in [0.3, 0.4) is 0 Å². The molecule has 104 valence electrons. The fourth-order valence-corrected chi connectivity index (χ4v) is 2.12. The van der Waals surface area contributed by atoms with E-state index in [0.717, 1.165) is 5.56 Å². The largest absolute Gasteiger partial charge is 0.494 e. The zero-order valence-corrected chi connectivity index (χ0v) is 11.9. The summed E-state index contributed by atoms with van der Waals surface area (Å²) in [6.07, 6.45) is 1.65. The monoisotopic (exact) mass is 291 g/mol. The van der Waals surface area contributed by atoms with Crippen molar-refractivity contribution < 1.29 is 9.13 Å². The topological polar surface area (TPSA) is 60.2 Å². The number of pyridine rings is 1. The minimum Gasteiger partial charge on any atom is -0.494 e. The van der Waals surface area contributed by atoms with Crippen LogP contribution in [-0.2, 0) is 0 Å². The highest BCUT2D eigenvalue weighted by atomic mass is 32.1. The molecule has 0 fully saturated rings. The molecule has 0 amide bonds. The number of halogens is 1. The van der Waals surface area contributed by atoms with E-state index in [0.29, 0.717) is 22.8 Å². The zero-order chi connectivity index (χ0) is 14.7. The van der Waals surface area contributed by atoms with Gasteiger partial charge in [-0.25, -0.2) is 9.37 Å². The van der Waals surface area contributed by atoms with E-state index in [4.69, 9.17) is 22.7 Å². The van der Waals surface area contributed by atoms with Crippen LogP contribution in [-0.4, -0.2) is 17.1 Å². The highest BCUT2D eigenvalue weighted by molar-refractivity contribution is 7.80. The number of methoxy groups -OCH3 is 1. The molecule has 0 aliphatic heterocycles. The lowest BCUT2D eigenvalue weighted by Crippen LogP contribution is -2.15. The summed E-state index contributed by atoms with van der Waals surface area (Å²) < 4.78 is 18.3. The van der Waals surface area contributed by atoms with E-state index in [-0.39, 0.29) is 10.8 Å². The first kappa shape index (κ1) is 14.2. The van der Waals surface area contributed by atoms with Crippen molar-refractivity contribution in [2.75, 3.05) is 12.4 Å².